The molecule has 0 aliphatic carbocycles. The van der Waals surface area contributed by atoms with E-state index in [0.717, 1.165) is 12.1 Å². The second-order valence-corrected chi connectivity index (χ2v) is 5.44. The van der Waals surface area contributed by atoms with Gasteiger partial charge in [-0.2, -0.15) is 0 Å². The SMILES string of the molecule is Cc1ccc(F)c(S(=O)(=O)NCC(O)C(N)=O)c1. The summed E-state index contributed by atoms with van der Waals surface area (Å²) in [4.78, 5) is 9.99. The lowest BCUT2D eigenvalue weighted by Gasteiger charge is -2.10. The second kappa shape index (κ2) is 5.42. The van der Waals surface area contributed by atoms with Crippen molar-refractivity contribution in [1.29, 1.82) is 0 Å². The molecule has 0 fully saturated rings. The van der Waals surface area contributed by atoms with Gasteiger partial charge in [0, 0.05) is 6.54 Å². The third kappa shape index (κ3) is 3.49. The van der Waals surface area contributed by atoms with E-state index in [-0.39, 0.29) is 0 Å². The number of amides is 1. The Morgan fingerprint density at radius 3 is 2.72 bits per heavy atom. The minimum absolute atomic E-state index is 0.542. The Kier molecular flexibility index (Phi) is 4.38. The predicted octanol–water partition coefficient (Wildman–Crippen LogP) is -0.741. The van der Waals surface area contributed by atoms with Crippen molar-refractivity contribution in [3.63, 3.8) is 0 Å². The van der Waals surface area contributed by atoms with Gasteiger partial charge in [0.05, 0.1) is 0 Å². The summed E-state index contributed by atoms with van der Waals surface area (Å²) in [6.07, 6.45) is -1.66. The van der Waals surface area contributed by atoms with E-state index in [0.29, 0.717) is 5.56 Å². The highest BCUT2D eigenvalue weighted by atomic mass is 32.2. The van der Waals surface area contributed by atoms with Gasteiger partial charge in [-0.3, -0.25) is 4.79 Å². The highest BCUT2D eigenvalue weighted by molar-refractivity contribution is 7.89. The van der Waals surface area contributed by atoms with Crippen LogP contribution in [0.4, 0.5) is 4.39 Å². The van der Waals surface area contributed by atoms with Crippen LogP contribution >= 0.6 is 0 Å². The Bertz CT molecular complexity index is 559. The average molecular weight is 276 g/mol. The standard InChI is InChI=1S/C10H13FN2O4S/c1-6-2-3-7(11)9(4-6)18(16,17)13-5-8(14)10(12)15/h2-4,8,13-14H,5H2,1H3,(H2,12,15). The number of benzene rings is 1. The van der Waals surface area contributed by atoms with Gasteiger partial charge in [0.2, 0.25) is 15.9 Å². The zero-order valence-corrected chi connectivity index (χ0v) is 10.4. The minimum atomic E-state index is -4.13. The number of rotatable bonds is 5. The van der Waals surface area contributed by atoms with Crippen LogP contribution in [0.25, 0.3) is 0 Å². The molecule has 0 aromatic heterocycles. The van der Waals surface area contributed by atoms with Crippen LogP contribution in [-0.2, 0) is 14.8 Å². The molecule has 6 nitrogen and oxygen atoms in total. The lowest BCUT2D eigenvalue weighted by Crippen LogP contribution is -2.40. The number of carbonyl (C=O) groups is 1. The summed E-state index contributed by atoms with van der Waals surface area (Å²) in [6, 6.07) is 3.59. The van der Waals surface area contributed by atoms with Crippen LogP contribution < -0.4 is 10.5 Å². The van der Waals surface area contributed by atoms with Crippen LogP contribution in [0.3, 0.4) is 0 Å². The number of hydrogen-bond donors (Lipinski definition) is 3. The molecular weight excluding hydrogens is 263 g/mol. The zero-order chi connectivity index (χ0) is 13.9. The molecule has 0 spiro atoms. The van der Waals surface area contributed by atoms with Crippen LogP contribution in [0.5, 0.6) is 0 Å². The molecule has 0 aliphatic heterocycles. The van der Waals surface area contributed by atoms with Crippen molar-refractivity contribution in [3.05, 3.63) is 29.6 Å². The molecule has 100 valence electrons. The first kappa shape index (κ1) is 14.6. The monoisotopic (exact) mass is 276 g/mol. The number of primary amides is 1. The summed E-state index contributed by atoms with van der Waals surface area (Å²) in [5, 5.41) is 9.07. The largest absolute Gasteiger partial charge is 0.382 e. The molecule has 1 atom stereocenters. The maximum absolute atomic E-state index is 13.4. The molecule has 0 aliphatic rings. The minimum Gasteiger partial charge on any atom is -0.382 e. The van der Waals surface area contributed by atoms with Crippen LogP contribution in [0.2, 0.25) is 0 Å². The molecule has 1 unspecified atom stereocenters. The fraction of sp³-hybridized carbons (Fsp3) is 0.300. The predicted molar refractivity (Wildman–Crippen MR) is 61.5 cm³/mol. The second-order valence-electron chi connectivity index (χ2n) is 3.70. The molecular formula is C10H13FN2O4S. The van der Waals surface area contributed by atoms with Crippen molar-refractivity contribution >= 4 is 15.9 Å². The van der Waals surface area contributed by atoms with E-state index >= 15 is 0 Å². The van der Waals surface area contributed by atoms with Crippen molar-refractivity contribution in [2.24, 2.45) is 5.73 Å². The first-order valence-corrected chi connectivity index (χ1v) is 6.45. The molecule has 1 aromatic rings. The van der Waals surface area contributed by atoms with Crippen molar-refractivity contribution in [2.45, 2.75) is 17.9 Å². The van der Waals surface area contributed by atoms with Crippen molar-refractivity contribution in [1.82, 2.24) is 4.72 Å². The van der Waals surface area contributed by atoms with Crippen molar-refractivity contribution in [2.75, 3.05) is 6.54 Å². The van der Waals surface area contributed by atoms with Gasteiger partial charge < -0.3 is 10.8 Å². The van der Waals surface area contributed by atoms with Gasteiger partial charge in [-0.25, -0.2) is 17.5 Å². The maximum Gasteiger partial charge on any atom is 0.247 e. The number of aliphatic hydroxyl groups excluding tert-OH is 1. The van der Waals surface area contributed by atoms with Crippen LogP contribution in [-0.4, -0.2) is 32.1 Å². The van der Waals surface area contributed by atoms with E-state index in [2.05, 4.69) is 0 Å². The van der Waals surface area contributed by atoms with E-state index in [1.165, 1.54) is 6.07 Å². The third-order valence-electron chi connectivity index (χ3n) is 2.17. The molecule has 0 radical (unpaired) electrons. The molecule has 0 saturated carbocycles. The molecule has 1 aromatic carbocycles. The molecule has 1 rings (SSSR count). The summed E-state index contributed by atoms with van der Waals surface area (Å²) in [5.74, 6) is -1.98. The molecule has 0 saturated heterocycles. The van der Waals surface area contributed by atoms with E-state index in [9.17, 15) is 17.6 Å². The number of halogens is 1. The lowest BCUT2D eigenvalue weighted by molar-refractivity contribution is -0.125. The molecule has 18 heavy (non-hydrogen) atoms. The van der Waals surface area contributed by atoms with Crippen molar-refractivity contribution in [3.8, 4) is 0 Å². The summed E-state index contributed by atoms with van der Waals surface area (Å²) < 4.78 is 38.7. The third-order valence-corrected chi connectivity index (χ3v) is 3.61. The van der Waals surface area contributed by atoms with Crippen molar-refractivity contribution < 1.29 is 22.7 Å². The highest BCUT2D eigenvalue weighted by Gasteiger charge is 2.21. The number of aliphatic hydroxyl groups is 1. The van der Waals surface area contributed by atoms with Crippen LogP contribution in [0.1, 0.15) is 5.56 Å². The first-order chi connectivity index (χ1) is 8.24. The average Bonchev–Trinajstić information content (AvgIpc) is 2.29. The number of carbonyl (C=O) groups excluding carboxylic acids is 1. The number of aryl methyl sites for hydroxylation is 1. The van der Waals surface area contributed by atoms with Gasteiger partial charge in [-0.1, -0.05) is 6.07 Å². The highest BCUT2D eigenvalue weighted by Crippen LogP contribution is 2.15. The quantitative estimate of drug-likeness (QED) is 0.658. The number of nitrogens with two attached hydrogens (primary N) is 1. The molecule has 8 heteroatoms. The van der Waals surface area contributed by atoms with Gasteiger partial charge in [0.25, 0.3) is 0 Å². The Labute approximate surface area is 104 Å². The summed E-state index contributed by atoms with van der Waals surface area (Å²) >= 11 is 0. The van der Waals surface area contributed by atoms with Gasteiger partial charge in [0.15, 0.2) is 0 Å². The Balaban J connectivity index is 2.93. The Hall–Kier alpha value is -1.51. The summed E-state index contributed by atoms with van der Waals surface area (Å²) in [5.41, 5.74) is 5.32. The van der Waals surface area contributed by atoms with E-state index in [1.54, 1.807) is 6.92 Å². The topological polar surface area (TPSA) is 109 Å². The molecule has 4 N–H and O–H groups in total. The van der Waals surface area contributed by atoms with Gasteiger partial charge >= 0.3 is 0 Å². The van der Waals surface area contributed by atoms with E-state index < -0.39 is 39.3 Å². The fourth-order valence-corrected chi connectivity index (χ4v) is 2.38. The normalized spacial score (nSPS) is 13.3. The Morgan fingerprint density at radius 2 is 2.17 bits per heavy atom. The number of hydrogen-bond acceptors (Lipinski definition) is 4. The van der Waals surface area contributed by atoms with E-state index in [1.807, 2.05) is 4.72 Å². The Morgan fingerprint density at radius 1 is 1.56 bits per heavy atom. The zero-order valence-electron chi connectivity index (χ0n) is 9.55. The lowest BCUT2D eigenvalue weighted by atomic mass is 10.2. The molecule has 0 heterocycles. The van der Waals surface area contributed by atoms with Crippen LogP contribution in [0.15, 0.2) is 23.1 Å². The van der Waals surface area contributed by atoms with Crippen LogP contribution in [0, 0.1) is 12.7 Å². The van der Waals surface area contributed by atoms with Gasteiger partial charge in [-0.05, 0) is 24.6 Å². The fourth-order valence-electron chi connectivity index (χ4n) is 1.18. The maximum atomic E-state index is 13.4. The summed E-state index contributed by atoms with van der Waals surface area (Å²) in [6.45, 7) is 1.00. The first-order valence-electron chi connectivity index (χ1n) is 4.97. The van der Waals surface area contributed by atoms with E-state index in [4.69, 9.17) is 10.8 Å². The smallest absolute Gasteiger partial charge is 0.247 e. The van der Waals surface area contributed by atoms with Gasteiger partial charge in [0.1, 0.15) is 16.8 Å². The number of nitrogens with one attached hydrogen (secondary N) is 1. The summed E-state index contributed by atoms with van der Waals surface area (Å²) in [7, 11) is -4.13. The molecule has 0 bridgehead atoms. The number of sulfonamides is 1. The van der Waals surface area contributed by atoms with Gasteiger partial charge in [-0.15, -0.1) is 0 Å². The molecule has 1 amide bonds.